The molecule has 0 saturated heterocycles. The molecular weight excluding hydrogens is 274 g/mol. The van der Waals surface area contributed by atoms with Gasteiger partial charge in [0.15, 0.2) is 0 Å². The summed E-state index contributed by atoms with van der Waals surface area (Å²) in [6.45, 7) is 0. The molecule has 0 aliphatic heterocycles. The molecule has 5 heteroatoms. The first-order chi connectivity index (χ1) is 7.36. The van der Waals surface area contributed by atoms with Gasteiger partial charge in [-0.15, -0.1) is 11.3 Å². The van der Waals surface area contributed by atoms with Gasteiger partial charge in [-0.3, -0.25) is 0 Å². The Kier molecular flexibility index (Phi) is 2.07. The summed E-state index contributed by atoms with van der Waals surface area (Å²) in [6.07, 6.45) is 3.34. The minimum Gasteiger partial charge on any atom is -0.350 e. The first-order valence-electron chi connectivity index (χ1n) is 4.37. The average Bonchev–Trinajstić information content (AvgIpc) is 2.87. The molecule has 1 N–H and O–H groups in total. The van der Waals surface area contributed by atoms with Gasteiger partial charge in [0.2, 0.25) is 0 Å². The molecule has 0 spiro atoms. The van der Waals surface area contributed by atoms with Gasteiger partial charge in [-0.05, 0) is 27.4 Å². The molecule has 0 atom stereocenters. The standard InChI is InChI=1S/C10H6BrN3S/c11-8-9-6(4-12-5-13-9)14-10(8)7-2-1-3-15-7/h1-5,14H. The zero-order chi connectivity index (χ0) is 10.3. The van der Waals surface area contributed by atoms with Gasteiger partial charge in [-0.1, -0.05) is 6.07 Å². The number of H-pyrrole nitrogens is 1. The van der Waals surface area contributed by atoms with Gasteiger partial charge in [0.05, 0.1) is 26.8 Å². The molecule has 3 heterocycles. The second-order valence-electron chi connectivity index (χ2n) is 3.08. The molecule has 0 aliphatic rings. The Labute approximate surface area is 98.3 Å². The topological polar surface area (TPSA) is 41.6 Å². The lowest BCUT2D eigenvalue weighted by molar-refractivity contribution is 1.22. The summed E-state index contributed by atoms with van der Waals surface area (Å²) in [7, 11) is 0. The molecule has 0 radical (unpaired) electrons. The normalized spacial score (nSPS) is 11.0. The number of hydrogen-bond acceptors (Lipinski definition) is 3. The number of aromatic nitrogens is 3. The van der Waals surface area contributed by atoms with Crippen LogP contribution in [0.1, 0.15) is 0 Å². The Balaban J connectivity index is 2.33. The number of fused-ring (bicyclic) bond motifs is 1. The molecule has 0 saturated carbocycles. The first kappa shape index (κ1) is 9.06. The van der Waals surface area contributed by atoms with E-state index in [0.29, 0.717) is 0 Å². The summed E-state index contributed by atoms with van der Waals surface area (Å²) in [5, 5.41) is 2.05. The smallest absolute Gasteiger partial charge is 0.116 e. The van der Waals surface area contributed by atoms with Crippen LogP contribution < -0.4 is 0 Å². The van der Waals surface area contributed by atoms with E-state index in [1.807, 2.05) is 6.07 Å². The fraction of sp³-hybridized carbons (Fsp3) is 0. The molecule has 0 unspecified atom stereocenters. The molecule has 0 aliphatic carbocycles. The Bertz CT molecular complexity index is 600. The van der Waals surface area contributed by atoms with E-state index in [-0.39, 0.29) is 0 Å². The predicted molar refractivity (Wildman–Crippen MR) is 64.9 cm³/mol. The maximum atomic E-state index is 4.23. The number of rotatable bonds is 1. The van der Waals surface area contributed by atoms with Gasteiger partial charge in [0, 0.05) is 0 Å². The predicted octanol–water partition coefficient (Wildman–Crippen LogP) is 3.45. The van der Waals surface area contributed by atoms with E-state index in [1.54, 1.807) is 23.9 Å². The second-order valence-corrected chi connectivity index (χ2v) is 4.82. The van der Waals surface area contributed by atoms with Gasteiger partial charge in [-0.25, -0.2) is 9.97 Å². The molecule has 0 aromatic carbocycles. The quantitative estimate of drug-likeness (QED) is 0.741. The molecule has 3 rings (SSSR count). The fourth-order valence-corrected chi connectivity index (χ4v) is 2.99. The van der Waals surface area contributed by atoms with Crippen molar-refractivity contribution in [2.75, 3.05) is 0 Å². The Morgan fingerprint density at radius 2 is 2.33 bits per heavy atom. The lowest BCUT2D eigenvalue weighted by Gasteiger charge is -1.91. The van der Waals surface area contributed by atoms with E-state index < -0.39 is 0 Å². The summed E-state index contributed by atoms with van der Waals surface area (Å²) >= 11 is 5.25. The number of halogens is 1. The number of hydrogen-bond donors (Lipinski definition) is 1. The third-order valence-electron chi connectivity index (χ3n) is 2.17. The Morgan fingerprint density at radius 1 is 1.40 bits per heavy atom. The average molecular weight is 280 g/mol. The lowest BCUT2D eigenvalue weighted by atomic mass is 10.3. The maximum absolute atomic E-state index is 4.23. The number of aromatic amines is 1. The van der Waals surface area contributed by atoms with Crippen LogP contribution in [-0.4, -0.2) is 15.0 Å². The van der Waals surface area contributed by atoms with Crippen LogP contribution in [0, 0.1) is 0 Å². The largest absolute Gasteiger partial charge is 0.350 e. The maximum Gasteiger partial charge on any atom is 0.116 e. The minimum absolute atomic E-state index is 0.924. The van der Waals surface area contributed by atoms with Crippen molar-refractivity contribution in [3.63, 3.8) is 0 Å². The van der Waals surface area contributed by atoms with E-state index in [1.165, 1.54) is 4.88 Å². The fourth-order valence-electron chi connectivity index (χ4n) is 1.49. The van der Waals surface area contributed by atoms with Crippen LogP contribution in [0.3, 0.4) is 0 Å². The second kappa shape index (κ2) is 3.43. The Hall–Kier alpha value is -1.20. The van der Waals surface area contributed by atoms with Crippen molar-refractivity contribution in [1.82, 2.24) is 15.0 Å². The minimum atomic E-state index is 0.924. The molecule has 3 aromatic heterocycles. The van der Waals surface area contributed by atoms with Crippen molar-refractivity contribution in [2.24, 2.45) is 0 Å². The third kappa shape index (κ3) is 1.39. The number of thiophene rings is 1. The van der Waals surface area contributed by atoms with E-state index in [2.05, 4.69) is 42.3 Å². The molecule has 15 heavy (non-hydrogen) atoms. The summed E-state index contributed by atoms with van der Waals surface area (Å²) < 4.78 is 1.00. The highest BCUT2D eigenvalue weighted by atomic mass is 79.9. The van der Waals surface area contributed by atoms with Crippen LogP contribution in [0.4, 0.5) is 0 Å². The van der Waals surface area contributed by atoms with Gasteiger partial charge < -0.3 is 4.98 Å². The number of nitrogens with one attached hydrogen (secondary N) is 1. The highest BCUT2D eigenvalue weighted by Gasteiger charge is 2.11. The summed E-state index contributed by atoms with van der Waals surface area (Å²) in [4.78, 5) is 12.7. The van der Waals surface area contributed by atoms with E-state index in [0.717, 1.165) is 21.2 Å². The van der Waals surface area contributed by atoms with Crippen molar-refractivity contribution in [3.05, 3.63) is 34.5 Å². The van der Waals surface area contributed by atoms with Crippen LogP contribution >= 0.6 is 27.3 Å². The monoisotopic (exact) mass is 279 g/mol. The van der Waals surface area contributed by atoms with Gasteiger partial charge in [0.25, 0.3) is 0 Å². The summed E-state index contributed by atoms with van der Waals surface area (Å²) in [5.41, 5.74) is 2.95. The molecule has 3 aromatic rings. The lowest BCUT2D eigenvalue weighted by Crippen LogP contribution is -1.75. The van der Waals surface area contributed by atoms with Crippen molar-refractivity contribution in [3.8, 4) is 10.6 Å². The van der Waals surface area contributed by atoms with Crippen molar-refractivity contribution < 1.29 is 0 Å². The summed E-state index contributed by atoms with van der Waals surface area (Å²) in [6, 6.07) is 4.11. The van der Waals surface area contributed by atoms with E-state index >= 15 is 0 Å². The van der Waals surface area contributed by atoms with Crippen LogP contribution in [0.2, 0.25) is 0 Å². The van der Waals surface area contributed by atoms with Crippen molar-refractivity contribution >= 4 is 38.3 Å². The SMILES string of the molecule is Brc1c(-c2cccs2)[nH]c2cncnc12. The number of nitrogens with zero attached hydrogens (tertiary/aromatic N) is 2. The molecule has 0 bridgehead atoms. The van der Waals surface area contributed by atoms with Crippen molar-refractivity contribution in [1.29, 1.82) is 0 Å². The van der Waals surface area contributed by atoms with Gasteiger partial charge >= 0.3 is 0 Å². The first-order valence-corrected chi connectivity index (χ1v) is 6.04. The van der Waals surface area contributed by atoms with Crippen LogP contribution in [0.15, 0.2) is 34.5 Å². The molecule has 0 amide bonds. The highest BCUT2D eigenvalue weighted by molar-refractivity contribution is 9.10. The summed E-state index contributed by atoms with van der Waals surface area (Å²) in [5.74, 6) is 0. The highest BCUT2D eigenvalue weighted by Crippen LogP contribution is 2.35. The molecular formula is C10H6BrN3S. The molecule has 3 nitrogen and oxygen atoms in total. The zero-order valence-electron chi connectivity index (χ0n) is 7.57. The van der Waals surface area contributed by atoms with E-state index in [4.69, 9.17) is 0 Å². The van der Waals surface area contributed by atoms with Crippen LogP contribution in [-0.2, 0) is 0 Å². The van der Waals surface area contributed by atoms with Gasteiger partial charge in [0.1, 0.15) is 11.8 Å². The van der Waals surface area contributed by atoms with Crippen molar-refractivity contribution in [2.45, 2.75) is 0 Å². The third-order valence-corrected chi connectivity index (χ3v) is 3.83. The zero-order valence-corrected chi connectivity index (χ0v) is 9.97. The van der Waals surface area contributed by atoms with E-state index in [9.17, 15) is 0 Å². The Morgan fingerprint density at radius 3 is 3.07 bits per heavy atom. The molecule has 74 valence electrons. The molecule has 0 fully saturated rings. The van der Waals surface area contributed by atoms with Crippen LogP contribution in [0.25, 0.3) is 21.6 Å². The van der Waals surface area contributed by atoms with Gasteiger partial charge in [-0.2, -0.15) is 0 Å². The van der Waals surface area contributed by atoms with Crippen LogP contribution in [0.5, 0.6) is 0 Å².